The van der Waals surface area contributed by atoms with E-state index < -0.39 is 0 Å². The van der Waals surface area contributed by atoms with Crippen LogP contribution in [0.4, 0.5) is 0 Å². The largest absolute Gasteiger partial charge is 0.473 e. The molecule has 1 aromatic carbocycles. The third-order valence-electron chi connectivity index (χ3n) is 3.66. The number of rotatable bonds is 3. The Morgan fingerprint density at radius 2 is 2.00 bits per heavy atom. The Labute approximate surface area is 133 Å². The summed E-state index contributed by atoms with van der Waals surface area (Å²) in [5, 5.41) is 0.491. The highest BCUT2D eigenvalue weighted by Crippen LogP contribution is 2.21. The summed E-state index contributed by atoms with van der Waals surface area (Å²) in [5.41, 5.74) is 0.553. The van der Waals surface area contributed by atoms with Gasteiger partial charge in [-0.15, -0.1) is 0 Å². The minimum atomic E-state index is -0.0245. The van der Waals surface area contributed by atoms with Crippen molar-refractivity contribution < 1.29 is 9.53 Å². The average molecular weight is 318 g/mol. The topological polar surface area (TPSA) is 55.3 Å². The van der Waals surface area contributed by atoms with E-state index in [9.17, 15) is 4.79 Å². The van der Waals surface area contributed by atoms with Crippen LogP contribution < -0.4 is 4.74 Å². The highest BCUT2D eigenvalue weighted by Gasteiger charge is 2.25. The maximum absolute atomic E-state index is 12.5. The molecule has 0 atom stereocenters. The van der Waals surface area contributed by atoms with E-state index in [2.05, 4.69) is 9.97 Å². The minimum Gasteiger partial charge on any atom is -0.473 e. The summed E-state index contributed by atoms with van der Waals surface area (Å²) in [5.74, 6) is 0.502. The third kappa shape index (κ3) is 3.36. The highest BCUT2D eigenvalue weighted by molar-refractivity contribution is 6.33. The molecule has 6 heteroatoms. The maximum atomic E-state index is 12.5. The lowest BCUT2D eigenvalue weighted by molar-refractivity contribution is 0.0587. The first kappa shape index (κ1) is 14.8. The molecule has 2 aromatic rings. The van der Waals surface area contributed by atoms with E-state index in [0.29, 0.717) is 29.6 Å². The predicted molar refractivity (Wildman–Crippen MR) is 83.0 cm³/mol. The molecule has 0 spiro atoms. The lowest BCUT2D eigenvalue weighted by Crippen LogP contribution is -2.42. The van der Waals surface area contributed by atoms with Crippen LogP contribution in [0.2, 0.25) is 5.02 Å². The Kier molecular flexibility index (Phi) is 4.53. The van der Waals surface area contributed by atoms with Crippen molar-refractivity contribution >= 4 is 17.5 Å². The fraction of sp³-hybridized carbons (Fsp3) is 0.312. The standard InChI is InChI=1S/C16H16ClN3O2/c17-14-4-2-1-3-13(14)16(21)20-9-5-12(6-10-20)22-15-11-18-7-8-19-15/h1-4,7-8,11-12H,5-6,9-10H2. The molecule has 1 aliphatic rings. The van der Waals surface area contributed by atoms with Crippen molar-refractivity contribution in [3.8, 4) is 5.88 Å². The molecule has 1 fully saturated rings. The Morgan fingerprint density at radius 3 is 2.68 bits per heavy atom. The molecule has 0 unspecified atom stereocenters. The van der Waals surface area contributed by atoms with E-state index in [1.165, 1.54) is 0 Å². The zero-order valence-electron chi connectivity index (χ0n) is 12.0. The normalized spacial score (nSPS) is 15.6. The number of hydrogen-bond donors (Lipinski definition) is 0. The van der Waals surface area contributed by atoms with E-state index in [0.717, 1.165) is 12.8 Å². The Balaban J connectivity index is 1.58. The SMILES string of the molecule is O=C(c1ccccc1Cl)N1CCC(Oc2cnccn2)CC1. The summed E-state index contributed by atoms with van der Waals surface area (Å²) in [6.07, 6.45) is 6.41. The van der Waals surface area contributed by atoms with Crippen LogP contribution in [0.3, 0.4) is 0 Å². The number of amides is 1. The van der Waals surface area contributed by atoms with E-state index in [4.69, 9.17) is 16.3 Å². The van der Waals surface area contributed by atoms with Crippen LogP contribution in [0, 0.1) is 0 Å². The molecule has 1 aromatic heterocycles. The van der Waals surface area contributed by atoms with Crippen LogP contribution in [0.15, 0.2) is 42.9 Å². The molecule has 22 heavy (non-hydrogen) atoms. The van der Waals surface area contributed by atoms with Gasteiger partial charge < -0.3 is 9.64 Å². The van der Waals surface area contributed by atoms with Crippen LogP contribution >= 0.6 is 11.6 Å². The molecule has 0 aliphatic carbocycles. The Bertz CT molecular complexity index is 643. The first-order valence-corrected chi connectivity index (χ1v) is 7.58. The van der Waals surface area contributed by atoms with Gasteiger partial charge in [-0.1, -0.05) is 23.7 Å². The van der Waals surface area contributed by atoms with Crippen molar-refractivity contribution in [1.82, 2.24) is 14.9 Å². The van der Waals surface area contributed by atoms with Crippen LogP contribution in [-0.4, -0.2) is 40.0 Å². The van der Waals surface area contributed by atoms with Crippen molar-refractivity contribution in [1.29, 1.82) is 0 Å². The highest BCUT2D eigenvalue weighted by atomic mass is 35.5. The minimum absolute atomic E-state index is 0.0245. The van der Waals surface area contributed by atoms with Crippen molar-refractivity contribution in [2.75, 3.05) is 13.1 Å². The van der Waals surface area contributed by atoms with Gasteiger partial charge in [0, 0.05) is 38.3 Å². The number of carbonyl (C=O) groups is 1. The molecule has 0 N–H and O–H groups in total. The first-order chi connectivity index (χ1) is 10.7. The number of nitrogens with zero attached hydrogens (tertiary/aromatic N) is 3. The number of benzene rings is 1. The Morgan fingerprint density at radius 1 is 1.23 bits per heavy atom. The van der Waals surface area contributed by atoms with Gasteiger partial charge >= 0.3 is 0 Å². The van der Waals surface area contributed by atoms with Crippen molar-refractivity contribution in [2.24, 2.45) is 0 Å². The van der Waals surface area contributed by atoms with Gasteiger partial charge in [0.1, 0.15) is 6.10 Å². The fourth-order valence-electron chi connectivity index (χ4n) is 2.50. The number of ether oxygens (including phenoxy) is 1. The molecule has 5 nitrogen and oxygen atoms in total. The molecule has 0 radical (unpaired) electrons. The number of halogens is 1. The van der Waals surface area contributed by atoms with Crippen LogP contribution in [0.25, 0.3) is 0 Å². The Hall–Kier alpha value is -2.14. The molecule has 2 heterocycles. The summed E-state index contributed by atoms with van der Waals surface area (Å²) >= 11 is 6.09. The second kappa shape index (κ2) is 6.75. The molecule has 1 aliphatic heterocycles. The van der Waals surface area contributed by atoms with Gasteiger partial charge in [-0.25, -0.2) is 4.98 Å². The van der Waals surface area contributed by atoms with E-state index in [1.807, 2.05) is 17.0 Å². The lowest BCUT2D eigenvalue weighted by Gasteiger charge is -2.32. The van der Waals surface area contributed by atoms with Gasteiger partial charge in [0.2, 0.25) is 5.88 Å². The van der Waals surface area contributed by atoms with Gasteiger partial charge in [-0.2, -0.15) is 0 Å². The fourth-order valence-corrected chi connectivity index (χ4v) is 2.72. The molecule has 1 saturated heterocycles. The number of aromatic nitrogens is 2. The molecule has 0 saturated carbocycles. The summed E-state index contributed by atoms with van der Waals surface area (Å²) < 4.78 is 5.78. The zero-order valence-corrected chi connectivity index (χ0v) is 12.7. The van der Waals surface area contributed by atoms with Crippen molar-refractivity contribution in [2.45, 2.75) is 18.9 Å². The van der Waals surface area contributed by atoms with Crippen LogP contribution in [0.1, 0.15) is 23.2 Å². The van der Waals surface area contributed by atoms with Gasteiger partial charge in [0.05, 0.1) is 16.8 Å². The van der Waals surface area contributed by atoms with Crippen molar-refractivity contribution in [3.05, 3.63) is 53.4 Å². The summed E-state index contributed by atoms with van der Waals surface area (Å²) in [6, 6.07) is 7.13. The smallest absolute Gasteiger partial charge is 0.255 e. The average Bonchev–Trinajstić information content (AvgIpc) is 2.56. The first-order valence-electron chi connectivity index (χ1n) is 7.20. The molecule has 0 bridgehead atoms. The van der Waals surface area contributed by atoms with E-state index in [1.54, 1.807) is 30.7 Å². The van der Waals surface area contributed by atoms with Crippen LogP contribution in [0.5, 0.6) is 5.88 Å². The van der Waals surface area contributed by atoms with Gasteiger partial charge in [-0.3, -0.25) is 9.78 Å². The van der Waals surface area contributed by atoms with E-state index in [-0.39, 0.29) is 12.0 Å². The molecule has 1 amide bonds. The monoisotopic (exact) mass is 317 g/mol. The summed E-state index contributed by atoms with van der Waals surface area (Å²) in [7, 11) is 0. The summed E-state index contributed by atoms with van der Waals surface area (Å²) in [6.45, 7) is 1.30. The quantitative estimate of drug-likeness (QED) is 0.873. The molecule has 114 valence electrons. The van der Waals surface area contributed by atoms with Crippen molar-refractivity contribution in [3.63, 3.8) is 0 Å². The number of piperidine rings is 1. The zero-order chi connectivity index (χ0) is 15.4. The molecule has 3 rings (SSSR count). The predicted octanol–water partition coefficient (Wildman–Crippen LogP) is 2.81. The second-order valence-electron chi connectivity index (χ2n) is 5.13. The van der Waals surface area contributed by atoms with Crippen LogP contribution in [-0.2, 0) is 0 Å². The number of carbonyl (C=O) groups excluding carboxylic acids is 1. The molecular formula is C16H16ClN3O2. The summed E-state index contributed by atoms with van der Waals surface area (Å²) in [4.78, 5) is 22.4. The van der Waals surface area contributed by atoms with Gasteiger partial charge in [0.25, 0.3) is 5.91 Å². The molecular weight excluding hydrogens is 302 g/mol. The van der Waals surface area contributed by atoms with Gasteiger partial charge in [0.15, 0.2) is 0 Å². The van der Waals surface area contributed by atoms with Gasteiger partial charge in [-0.05, 0) is 12.1 Å². The van der Waals surface area contributed by atoms with E-state index >= 15 is 0 Å². The second-order valence-corrected chi connectivity index (χ2v) is 5.54. The number of likely N-dealkylation sites (tertiary alicyclic amines) is 1. The third-order valence-corrected chi connectivity index (χ3v) is 3.99. The number of hydrogen-bond acceptors (Lipinski definition) is 4. The maximum Gasteiger partial charge on any atom is 0.255 e. The lowest BCUT2D eigenvalue weighted by atomic mass is 10.1.